The molecule has 0 bridgehead atoms. The Morgan fingerprint density at radius 2 is 2.13 bits per heavy atom. The van der Waals surface area contributed by atoms with Crippen LogP contribution in [0.3, 0.4) is 0 Å². The summed E-state index contributed by atoms with van der Waals surface area (Å²) in [6.07, 6.45) is -0.822. The van der Waals surface area contributed by atoms with E-state index in [-0.39, 0.29) is 6.61 Å². The van der Waals surface area contributed by atoms with Crippen LogP contribution in [-0.4, -0.2) is 30.5 Å². The minimum absolute atomic E-state index is 0.140. The number of rotatable bonds is 2. The summed E-state index contributed by atoms with van der Waals surface area (Å²) in [5.41, 5.74) is 0.777. The topological polar surface area (TPSA) is 49.8 Å². The SMILES string of the molecule is O=C1OC(CO)CN1c1ccc(Br)cc1. The first-order chi connectivity index (χ1) is 7.20. The molecule has 5 heteroatoms. The van der Waals surface area contributed by atoms with Gasteiger partial charge in [-0.15, -0.1) is 0 Å². The highest BCUT2D eigenvalue weighted by Gasteiger charge is 2.31. The quantitative estimate of drug-likeness (QED) is 0.892. The maximum absolute atomic E-state index is 11.4. The molecule has 1 heterocycles. The van der Waals surface area contributed by atoms with E-state index in [0.717, 1.165) is 10.2 Å². The summed E-state index contributed by atoms with van der Waals surface area (Å²) < 4.78 is 5.89. The molecule has 1 amide bonds. The van der Waals surface area contributed by atoms with E-state index in [9.17, 15) is 4.79 Å². The highest BCUT2D eigenvalue weighted by molar-refractivity contribution is 9.10. The van der Waals surface area contributed by atoms with Crippen LogP contribution in [0.5, 0.6) is 0 Å². The number of aliphatic hydroxyl groups excluding tert-OH is 1. The van der Waals surface area contributed by atoms with Gasteiger partial charge in [-0.1, -0.05) is 15.9 Å². The standard InChI is InChI=1S/C10H10BrNO3/c11-7-1-3-8(4-2-7)12-5-9(6-13)15-10(12)14/h1-4,9,13H,5-6H2. The van der Waals surface area contributed by atoms with Crippen LogP contribution >= 0.6 is 15.9 Å². The van der Waals surface area contributed by atoms with Crippen LogP contribution in [0.4, 0.5) is 10.5 Å². The molecule has 1 fully saturated rings. The lowest BCUT2D eigenvalue weighted by molar-refractivity contribution is 0.0963. The van der Waals surface area contributed by atoms with Crippen LogP contribution in [0.15, 0.2) is 28.7 Å². The summed E-state index contributed by atoms with van der Waals surface area (Å²) in [4.78, 5) is 12.9. The number of hydrogen-bond acceptors (Lipinski definition) is 3. The molecule has 1 atom stereocenters. The lowest BCUT2D eigenvalue weighted by Gasteiger charge is -2.12. The highest BCUT2D eigenvalue weighted by Crippen LogP contribution is 2.23. The predicted molar refractivity (Wildman–Crippen MR) is 58.8 cm³/mol. The molecule has 80 valence electrons. The number of hydrogen-bond donors (Lipinski definition) is 1. The molecule has 1 aliphatic rings. The summed E-state index contributed by atoms with van der Waals surface area (Å²) in [7, 11) is 0. The minimum Gasteiger partial charge on any atom is -0.441 e. The third-order valence-electron chi connectivity index (χ3n) is 2.22. The van der Waals surface area contributed by atoms with Crippen molar-refractivity contribution in [3.8, 4) is 0 Å². The van der Waals surface area contributed by atoms with E-state index >= 15 is 0 Å². The van der Waals surface area contributed by atoms with Crippen molar-refractivity contribution in [2.24, 2.45) is 0 Å². The molecule has 1 aromatic rings. The van der Waals surface area contributed by atoms with E-state index in [1.54, 1.807) is 0 Å². The van der Waals surface area contributed by atoms with Gasteiger partial charge in [-0.25, -0.2) is 4.79 Å². The van der Waals surface area contributed by atoms with E-state index in [1.807, 2.05) is 24.3 Å². The fourth-order valence-electron chi connectivity index (χ4n) is 1.45. The van der Waals surface area contributed by atoms with E-state index < -0.39 is 12.2 Å². The number of aliphatic hydroxyl groups is 1. The lowest BCUT2D eigenvalue weighted by atomic mass is 10.3. The zero-order valence-electron chi connectivity index (χ0n) is 7.89. The van der Waals surface area contributed by atoms with Crippen molar-refractivity contribution >= 4 is 27.7 Å². The molecule has 2 rings (SSSR count). The fourth-order valence-corrected chi connectivity index (χ4v) is 1.71. The first-order valence-corrected chi connectivity index (χ1v) is 5.34. The molecular formula is C10H10BrNO3. The van der Waals surface area contributed by atoms with Crippen LogP contribution in [0.25, 0.3) is 0 Å². The molecule has 0 radical (unpaired) electrons. The molecule has 0 spiro atoms. The number of benzene rings is 1. The molecule has 15 heavy (non-hydrogen) atoms. The molecule has 1 saturated heterocycles. The maximum atomic E-state index is 11.4. The average molecular weight is 272 g/mol. The molecule has 1 aliphatic heterocycles. The molecule has 1 unspecified atom stereocenters. The first kappa shape index (κ1) is 10.4. The number of cyclic esters (lactones) is 1. The van der Waals surface area contributed by atoms with E-state index in [4.69, 9.17) is 9.84 Å². The molecule has 4 nitrogen and oxygen atoms in total. The smallest absolute Gasteiger partial charge is 0.414 e. The van der Waals surface area contributed by atoms with Gasteiger partial charge in [-0.3, -0.25) is 4.90 Å². The predicted octanol–water partition coefficient (Wildman–Crippen LogP) is 1.77. The Labute approximate surface area is 95.6 Å². The van der Waals surface area contributed by atoms with Crippen LogP contribution in [0.1, 0.15) is 0 Å². The second kappa shape index (κ2) is 4.20. The minimum atomic E-state index is -0.416. The van der Waals surface area contributed by atoms with Gasteiger partial charge in [0.15, 0.2) is 0 Å². The van der Waals surface area contributed by atoms with Gasteiger partial charge < -0.3 is 9.84 Å². The summed E-state index contributed by atoms with van der Waals surface area (Å²) in [6, 6.07) is 7.36. The van der Waals surface area contributed by atoms with Crippen molar-refractivity contribution in [3.63, 3.8) is 0 Å². The van der Waals surface area contributed by atoms with Gasteiger partial charge in [-0.2, -0.15) is 0 Å². The molecule has 0 saturated carbocycles. The zero-order valence-corrected chi connectivity index (χ0v) is 9.48. The average Bonchev–Trinajstić information content (AvgIpc) is 2.61. The van der Waals surface area contributed by atoms with Crippen molar-refractivity contribution in [2.75, 3.05) is 18.1 Å². The number of anilines is 1. The summed E-state index contributed by atoms with van der Waals surface area (Å²) >= 11 is 3.32. The van der Waals surface area contributed by atoms with Gasteiger partial charge in [0.05, 0.1) is 13.2 Å². The lowest BCUT2D eigenvalue weighted by Crippen LogP contribution is -2.25. The van der Waals surface area contributed by atoms with Crippen LogP contribution in [0, 0.1) is 0 Å². The van der Waals surface area contributed by atoms with Crippen LogP contribution in [0.2, 0.25) is 0 Å². The fraction of sp³-hybridized carbons (Fsp3) is 0.300. The Kier molecular flexibility index (Phi) is 2.93. The third kappa shape index (κ3) is 2.13. The number of nitrogens with zero attached hydrogens (tertiary/aromatic N) is 1. The molecular weight excluding hydrogens is 262 g/mol. The largest absolute Gasteiger partial charge is 0.441 e. The Morgan fingerprint density at radius 1 is 1.47 bits per heavy atom. The number of carbonyl (C=O) groups excluding carboxylic acids is 1. The Morgan fingerprint density at radius 3 is 2.67 bits per heavy atom. The van der Waals surface area contributed by atoms with E-state index in [0.29, 0.717) is 6.54 Å². The third-order valence-corrected chi connectivity index (χ3v) is 2.74. The van der Waals surface area contributed by atoms with Gasteiger partial charge >= 0.3 is 6.09 Å². The molecule has 0 aliphatic carbocycles. The monoisotopic (exact) mass is 271 g/mol. The van der Waals surface area contributed by atoms with Crippen molar-refractivity contribution in [2.45, 2.75) is 6.10 Å². The van der Waals surface area contributed by atoms with Gasteiger partial charge in [-0.05, 0) is 24.3 Å². The zero-order chi connectivity index (χ0) is 10.8. The first-order valence-electron chi connectivity index (χ1n) is 4.55. The van der Waals surface area contributed by atoms with Gasteiger partial charge in [0.25, 0.3) is 0 Å². The van der Waals surface area contributed by atoms with Crippen LogP contribution in [-0.2, 0) is 4.74 Å². The molecule has 1 aromatic carbocycles. The van der Waals surface area contributed by atoms with Gasteiger partial charge in [0, 0.05) is 10.2 Å². The summed E-state index contributed by atoms with van der Waals surface area (Å²) in [6.45, 7) is 0.260. The normalized spacial score (nSPS) is 20.5. The maximum Gasteiger partial charge on any atom is 0.414 e. The van der Waals surface area contributed by atoms with Crippen molar-refractivity contribution in [1.29, 1.82) is 0 Å². The molecule has 0 aromatic heterocycles. The van der Waals surface area contributed by atoms with E-state index in [2.05, 4.69) is 15.9 Å². The van der Waals surface area contributed by atoms with Crippen molar-refractivity contribution < 1.29 is 14.6 Å². The molecule has 1 N–H and O–H groups in total. The second-order valence-electron chi connectivity index (χ2n) is 3.28. The number of carbonyl (C=O) groups is 1. The summed E-state index contributed by atoms with van der Waals surface area (Å²) in [5, 5.41) is 8.88. The van der Waals surface area contributed by atoms with Gasteiger partial charge in [0.1, 0.15) is 6.10 Å². The van der Waals surface area contributed by atoms with Gasteiger partial charge in [0.2, 0.25) is 0 Å². The number of ether oxygens (including phenoxy) is 1. The Hall–Kier alpha value is -1.07. The Balaban J connectivity index is 2.18. The van der Waals surface area contributed by atoms with Crippen molar-refractivity contribution in [1.82, 2.24) is 0 Å². The van der Waals surface area contributed by atoms with Crippen LogP contribution < -0.4 is 4.90 Å². The number of halogens is 1. The van der Waals surface area contributed by atoms with E-state index in [1.165, 1.54) is 4.90 Å². The van der Waals surface area contributed by atoms with Crippen molar-refractivity contribution in [3.05, 3.63) is 28.7 Å². The number of amides is 1. The summed E-state index contributed by atoms with van der Waals surface area (Å²) in [5.74, 6) is 0. The highest BCUT2D eigenvalue weighted by atomic mass is 79.9. The second-order valence-corrected chi connectivity index (χ2v) is 4.19. The Bertz CT molecular complexity index is 365.